The first-order chi connectivity index (χ1) is 14.4. The van der Waals surface area contributed by atoms with Crippen LogP contribution in [0.5, 0.6) is 5.75 Å². The lowest BCUT2D eigenvalue weighted by Crippen LogP contribution is -2.22. The third-order valence-corrected chi connectivity index (χ3v) is 4.08. The Morgan fingerprint density at radius 3 is 2.40 bits per heavy atom. The molecule has 154 valence electrons. The highest BCUT2D eigenvalue weighted by Gasteiger charge is 2.17. The third-order valence-electron chi connectivity index (χ3n) is 4.08. The van der Waals surface area contributed by atoms with Crippen LogP contribution in [-0.4, -0.2) is 38.7 Å². The van der Waals surface area contributed by atoms with Gasteiger partial charge in [-0.3, -0.25) is 4.79 Å². The number of rotatable bonds is 6. The Balaban J connectivity index is 1.75. The minimum atomic E-state index is -0.688. The molecule has 1 N–H and O–H groups in total. The van der Waals surface area contributed by atoms with Crippen molar-refractivity contribution in [2.45, 2.75) is 0 Å². The summed E-state index contributed by atoms with van der Waals surface area (Å²) in [5.74, 6) is -1.59. The molecule has 9 nitrogen and oxygen atoms in total. The van der Waals surface area contributed by atoms with E-state index in [1.165, 1.54) is 44.6 Å². The lowest BCUT2D eigenvalue weighted by Gasteiger charge is -2.12. The second-order valence-corrected chi connectivity index (χ2v) is 6.03. The lowest BCUT2D eigenvalue weighted by atomic mass is 10.1. The minimum Gasteiger partial charge on any atom is -0.484 e. The molecule has 0 bridgehead atoms. The van der Waals surface area contributed by atoms with Crippen LogP contribution in [0.4, 0.5) is 5.69 Å². The average Bonchev–Trinajstić information content (AvgIpc) is 2.76. The van der Waals surface area contributed by atoms with E-state index in [9.17, 15) is 19.2 Å². The zero-order valence-electron chi connectivity index (χ0n) is 16.1. The summed E-state index contributed by atoms with van der Waals surface area (Å²) in [6, 6.07) is 11.7. The molecule has 30 heavy (non-hydrogen) atoms. The number of hydrogen-bond acceptors (Lipinski definition) is 8. The van der Waals surface area contributed by atoms with Crippen molar-refractivity contribution in [3.63, 3.8) is 0 Å². The van der Waals surface area contributed by atoms with Crippen LogP contribution in [0.1, 0.15) is 20.7 Å². The predicted molar refractivity (Wildman–Crippen MR) is 106 cm³/mol. The van der Waals surface area contributed by atoms with Crippen LogP contribution in [-0.2, 0) is 14.3 Å². The number of hydrogen-bond donors (Lipinski definition) is 1. The number of carbonyl (C=O) groups excluding carboxylic acids is 3. The molecule has 0 aliphatic carbocycles. The van der Waals surface area contributed by atoms with Crippen LogP contribution in [0, 0.1) is 0 Å². The average molecular weight is 411 g/mol. The molecule has 1 amide bonds. The molecule has 3 rings (SSSR count). The van der Waals surface area contributed by atoms with E-state index in [0.717, 1.165) is 0 Å². The van der Waals surface area contributed by atoms with Gasteiger partial charge in [-0.1, -0.05) is 0 Å². The summed E-state index contributed by atoms with van der Waals surface area (Å²) in [6.45, 7) is -0.397. The van der Waals surface area contributed by atoms with Crippen molar-refractivity contribution >= 4 is 34.5 Å². The van der Waals surface area contributed by atoms with Gasteiger partial charge in [0.25, 0.3) is 5.91 Å². The molecule has 0 unspecified atom stereocenters. The van der Waals surface area contributed by atoms with E-state index in [1.54, 1.807) is 18.2 Å². The summed E-state index contributed by atoms with van der Waals surface area (Å²) in [4.78, 5) is 47.3. The van der Waals surface area contributed by atoms with Gasteiger partial charge in [0, 0.05) is 17.5 Å². The summed E-state index contributed by atoms with van der Waals surface area (Å²) in [5.41, 5.74) is 0.0946. The van der Waals surface area contributed by atoms with Gasteiger partial charge in [-0.2, -0.15) is 0 Å². The molecule has 0 saturated heterocycles. The minimum absolute atomic E-state index is 0.0611. The normalized spacial score (nSPS) is 10.3. The zero-order chi connectivity index (χ0) is 21.7. The summed E-state index contributed by atoms with van der Waals surface area (Å²) in [6.07, 6.45) is 0. The first-order valence-corrected chi connectivity index (χ1v) is 8.68. The van der Waals surface area contributed by atoms with Crippen LogP contribution in [0.2, 0.25) is 0 Å². The summed E-state index contributed by atoms with van der Waals surface area (Å²) >= 11 is 0. The number of ether oxygens (including phenoxy) is 3. The number of amides is 1. The van der Waals surface area contributed by atoms with Crippen molar-refractivity contribution in [3.05, 3.63) is 70.1 Å². The fraction of sp³-hybridized carbons (Fsp3) is 0.143. The Kier molecular flexibility index (Phi) is 6.11. The van der Waals surface area contributed by atoms with E-state index in [1.807, 2.05) is 0 Å². The molecule has 0 aliphatic rings. The van der Waals surface area contributed by atoms with Gasteiger partial charge in [0.15, 0.2) is 6.61 Å². The fourth-order valence-corrected chi connectivity index (χ4v) is 2.65. The van der Waals surface area contributed by atoms with Crippen LogP contribution >= 0.6 is 0 Å². The topological polar surface area (TPSA) is 121 Å². The Bertz CT molecular complexity index is 1180. The van der Waals surface area contributed by atoms with Crippen molar-refractivity contribution in [2.75, 3.05) is 26.1 Å². The van der Waals surface area contributed by atoms with Gasteiger partial charge in [0.05, 0.1) is 31.0 Å². The molecule has 0 atom stereocenters. The third kappa shape index (κ3) is 4.64. The Hall–Kier alpha value is -4.14. The number of methoxy groups -OCH3 is 2. The molecule has 1 heterocycles. The largest absolute Gasteiger partial charge is 0.484 e. The highest BCUT2D eigenvalue weighted by atomic mass is 16.5. The monoisotopic (exact) mass is 411 g/mol. The van der Waals surface area contributed by atoms with Crippen LogP contribution in [0.25, 0.3) is 11.0 Å². The molecule has 3 aromatic rings. The molecule has 1 aromatic heterocycles. The summed E-state index contributed by atoms with van der Waals surface area (Å²) < 4.78 is 19.8. The SMILES string of the molecule is COC(=O)c1ccc(C(=O)OC)c(NC(=O)COc2ccc3ccc(=O)oc3c2)c1. The van der Waals surface area contributed by atoms with Gasteiger partial charge in [-0.25, -0.2) is 14.4 Å². The molecule has 0 aliphatic heterocycles. The maximum atomic E-state index is 12.3. The number of carbonyl (C=O) groups is 3. The quantitative estimate of drug-likeness (QED) is 0.485. The first-order valence-electron chi connectivity index (χ1n) is 8.68. The van der Waals surface area contributed by atoms with Crippen LogP contribution in [0.15, 0.2) is 57.7 Å². The van der Waals surface area contributed by atoms with E-state index < -0.39 is 30.1 Å². The zero-order valence-corrected chi connectivity index (χ0v) is 16.1. The maximum absolute atomic E-state index is 12.3. The molecule has 0 saturated carbocycles. The molecular formula is C21H17NO8. The molecule has 0 spiro atoms. The highest BCUT2D eigenvalue weighted by molar-refractivity contribution is 6.03. The van der Waals surface area contributed by atoms with Crippen LogP contribution < -0.4 is 15.7 Å². The Morgan fingerprint density at radius 1 is 0.933 bits per heavy atom. The molecule has 9 heteroatoms. The number of nitrogens with one attached hydrogen (secondary N) is 1. The highest BCUT2D eigenvalue weighted by Crippen LogP contribution is 2.21. The second-order valence-electron chi connectivity index (χ2n) is 6.03. The summed E-state index contributed by atoms with van der Waals surface area (Å²) in [7, 11) is 2.41. The van der Waals surface area contributed by atoms with Gasteiger partial charge >= 0.3 is 17.6 Å². The number of esters is 2. The van der Waals surface area contributed by atoms with E-state index in [2.05, 4.69) is 10.1 Å². The molecule has 2 aromatic carbocycles. The van der Waals surface area contributed by atoms with Gasteiger partial charge in [-0.05, 0) is 36.4 Å². The molecular weight excluding hydrogens is 394 g/mol. The lowest BCUT2D eigenvalue weighted by molar-refractivity contribution is -0.118. The fourth-order valence-electron chi connectivity index (χ4n) is 2.65. The van der Waals surface area contributed by atoms with E-state index in [4.69, 9.17) is 13.9 Å². The molecule has 0 fully saturated rings. The standard InChI is InChI=1S/C21H17NO8/c1-27-20(25)13-4-7-15(21(26)28-2)16(9-13)22-18(23)11-29-14-6-3-12-5-8-19(24)30-17(12)10-14/h3-10H,11H2,1-2H3,(H,22,23). The number of benzene rings is 2. The van der Waals surface area contributed by atoms with Gasteiger partial charge < -0.3 is 23.9 Å². The van der Waals surface area contributed by atoms with Crippen LogP contribution in [0.3, 0.4) is 0 Å². The Morgan fingerprint density at radius 2 is 1.67 bits per heavy atom. The maximum Gasteiger partial charge on any atom is 0.339 e. The number of fused-ring (bicyclic) bond motifs is 1. The van der Waals surface area contributed by atoms with E-state index in [0.29, 0.717) is 16.7 Å². The van der Waals surface area contributed by atoms with Crippen molar-refractivity contribution in [1.82, 2.24) is 0 Å². The second kappa shape index (κ2) is 8.91. The summed E-state index contributed by atoms with van der Waals surface area (Å²) in [5, 5.41) is 3.22. The van der Waals surface area contributed by atoms with Crippen molar-refractivity contribution in [2.24, 2.45) is 0 Å². The van der Waals surface area contributed by atoms with Gasteiger partial charge in [0.1, 0.15) is 11.3 Å². The Labute approximate surface area is 170 Å². The first kappa shape index (κ1) is 20.6. The smallest absolute Gasteiger partial charge is 0.339 e. The van der Waals surface area contributed by atoms with Crippen molar-refractivity contribution < 1.29 is 33.0 Å². The van der Waals surface area contributed by atoms with Gasteiger partial charge in [-0.15, -0.1) is 0 Å². The predicted octanol–water partition coefficient (Wildman–Crippen LogP) is 2.38. The van der Waals surface area contributed by atoms with Crippen molar-refractivity contribution in [3.8, 4) is 5.75 Å². The van der Waals surface area contributed by atoms with E-state index >= 15 is 0 Å². The number of anilines is 1. The van der Waals surface area contributed by atoms with Crippen molar-refractivity contribution in [1.29, 1.82) is 0 Å². The van der Waals surface area contributed by atoms with E-state index in [-0.39, 0.29) is 16.8 Å². The van der Waals surface area contributed by atoms with Gasteiger partial charge in [0.2, 0.25) is 0 Å². The molecule has 0 radical (unpaired) electrons.